The third-order valence-electron chi connectivity index (χ3n) is 3.95. The molecule has 1 aromatic carbocycles. The van der Waals surface area contributed by atoms with Crippen molar-refractivity contribution in [2.24, 2.45) is 0 Å². The summed E-state index contributed by atoms with van der Waals surface area (Å²) in [6.07, 6.45) is -0.592. The standard InChI is InChI=1S/C18H9F4N3O2/c19-16-9(18(20,21)22)2-1-3-10(16)25-17(26)15-13-5-4-12(27-13)14(15)11-8-23-6-7-24-11/h1-8H,(H,25,26). The van der Waals surface area contributed by atoms with Crippen LogP contribution in [0.4, 0.5) is 23.2 Å². The molecule has 4 aromatic rings. The van der Waals surface area contributed by atoms with Gasteiger partial charge in [0.2, 0.25) is 0 Å². The van der Waals surface area contributed by atoms with E-state index in [0.717, 1.165) is 12.1 Å². The van der Waals surface area contributed by atoms with Gasteiger partial charge in [0.05, 0.1) is 34.3 Å². The summed E-state index contributed by atoms with van der Waals surface area (Å²) in [5.74, 6) is -2.37. The number of halogens is 4. The highest BCUT2D eigenvalue weighted by Gasteiger charge is 2.35. The lowest BCUT2D eigenvalue weighted by atomic mass is 10.0. The highest BCUT2D eigenvalue weighted by atomic mass is 19.4. The zero-order valence-corrected chi connectivity index (χ0v) is 13.3. The van der Waals surface area contributed by atoms with Crippen molar-refractivity contribution in [3.63, 3.8) is 0 Å². The van der Waals surface area contributed by atoms with Crippen molar-refractivity contribution in [2.45, 2.75) is 6.18 Å². The molecular formula is C18H9F4N3O2. The number of carbonyl (C=O) groups is 1. The maximum Gasteiger partial charge on any atom is 0.419 e. The minimum absolute atomic E-state index is 0.0461. The zero-order chi connectivity index (χ0) is 19.2. The minimum atomic E-state index is -4.88. The molecule has 2 bridgehead atoms. The van der Waals surface area contributed by atoms with Gasteiger partial charge in [-0.25, -0.2) is 4.39 Å². The van der Waals surface area contributed by atoms with E-state index >= 15 is 0 Å². The molecule has 0 radical (unpaired) electrons. The normalized spacial score (nSPS) is 11.9. The predicted molar refractivity (Wildman–Crippen MR) is 87.8 cm³/mol. The monoisotopic (exact) mass is 375 g/mol. The predicted octanol–water partition coefficient (Wildman–Crippen LogP) is 4.74. The molecule has 5 nitrogen and oxygen atoms in total. The first-order valence-electron chi connectivity index (χ1n) is 7.64. The van der Waals surface area contributed by atoms with E-state index < -0.39 is 29.2 Å². The Balaban J connectivity index is 1.75. The number of rotatable bonds is 3. The van der Waals surface area contributed by atoms with Crippen LogP contribution in [0, 0.1) is 5.82 Å². The van der Waals surface area contributed by atoms with E-state index in [9.17, 15) is 22.4 Å². The van der Waals surface area contributed by atoms with Gasteiger partial charge < -0.3 is 9.73 Å². The van der Waals surface area contributed by atoms with Crippen LogP contribution in [0.15, 0.2) is 53.3 Å². The quantitative estimate of drug-likeness (QED) is 0.526. The number of carbonyl (C=O) groups excluding carboxylic acids is 1. The second kappa shape index (κ2) is 6.04. The van der Waals surface area contributed by atoms with E-state index in [-0.39, 0.29) is 11.1 Å². The maximum absolute atomic E-state index is 14.2. The third kappa shape index (κ3) is 2.86. The summed E-state index contributed by atoms with van der Waals surface area (Å²) in [4.78, 5) is 20.7. The topological polar surface area (TPSA) is 68.0 Å². The summed E-state index contributed by atoms with van der Waals surface area (Å²) in [5.41, 5.74) is -0.750. The zero-order valence-electron chi connectivity index (χ0n) is 13.3. The van der Waals surface area contributed by atoms with E-state index in [1.54, 1.807) is 6.07 Å². The number of amides is 1. The molecule has 0 unspecified atom stereocenters. The number of nitrogens with one attached hydrogen (secondary N) is 1. The number of alkyl halides is 3. The molecule has 0 saturated heterocycles. The molecule has 1 N–H and O–H groups in total. The van der Waals surface area contributed by atoms with Gasteiger partial charge in [0.15, 0.2) is 5.82 Å². The van der Waals surface area contributed by atoms with Crippen molar-refractivity contribution in [1.29, 1.82) is 0 Å². The summed E-state index contributed by atoms with van der Waals surface area (Å²) in [6.45, 7) is 0. The van der Waals surface area contributed by atoms with Crippen molar-refractivity contribution < 1.29 is 26.8 Å². The van der Waals surface area contributed by atoms with Crippen LogP contribution in [0.25, 0.3) is 22.4 Å². The molecular weight excluding hydrogens is 366 g/mol. The molecule has 0 atom stereocenters. The molecule has 0 aliphatic rings. The minimum Gasteiger partial charge on any atom is -0.456 e. The Hall–Kier alpha value is -3.49. The summed E-state index contributed by atoms with van der Waals surface area (Å²) in [7, 11) is 0. The van der Waals surface area contributed by atoms with E-state index in [1.807, 2.05) is 0 Å². The van der Waals surface area contributed by atoms with Gasteiger partial charge in [-0.1, -0.05) is 6.07 Å². The fourth-order valence-electron chi connectivity index (χ4n) is 2.79. The number of hydrogen-bond donors (Lipinski definition) is 1. The van der Waals surface area contributed by atoms with Gasteiger partial charge in [0.1, 0.15) is 11.2 Å². The lowest BCUT2D eigenvalue weighted by Gasteiger charge is -2.12. The van der Waals surface area contributed by atoms with Gasteiger partial charge in [-0.15, -0.1) is 0 Å². The summed E-state index contributed by atoms with van der Waals surface area (Å²) >= 11 is 0. The molecule has 0 aliphatic heterocycles. The molecule has 0 spiro atoms. The SMILES string of the molecule is O=C(Nc1cccc(C(F)(F)F)c1F)c1c(-c2cnccn2)c2ccc1o2. The van der Waals surface area contributed by atoms with Crippen molar-refractivity contribution in [1.82, 2.24) is 9.97 Å². The maximum atomic E-state index is 14.2. The van der Waals surface area contributed by atoms with Crippen LogP contribution >= 0.6 is 0 Å². The second-order valence-corrected chi connectivity index (χ2v) is 5.62. The van der Waals surface area contributed by atoms with Gasteiger partial charge >= 0.3 is 6.18 Å². The van der Waals surface area contributed by atoms with Crippen LogP contribution in [0.5, 0.6) is 0 Å². The Kier molecular flexibility index (Phi) is 3.79. The van der Waals surface area contributed by atoms with Crippen molar-refractivity contribution >= 4 is 22.8 Å². The smallest absolute Gasteiger partial charge is 0.419 e. The Morgan fingerprint density at radius 3 is 2.56 bits per heavy atom. The Bertz CT molecular complexity index is 1120. The van der Waals surface area contributed by atoms with Crippen molar-refractivity contribution in [3.05, 3.63) is 65.9 Å². The largest absolute Gasteiger partial charge is 0.456 e. The number of aromatic nitrogens is 2. The van der Waals surface area contributed by atoms with Gasteiger partial charge in [-0.2, -0.15) is 13.2 Å². The Morgan fingerprint density at radius 1 is 1.07 bits per heavy atom. The summed E-state index contributed by atoms with van der Waals surface area (Å²) in [5, 5.41) is 2.18. The fourth-order valence-corrected chi connectivity index (χ4v) is 2.79. The van der Waals surface area contributed by atoms with Crippen molar-refractivity contribution in [2.75, 3.05) is 5.32 Å². The van der Waals surface area contributed by atoms with Crippen LogP contribution in [-0.2, 0) is 6.18 Å². The molecule has 1 amide bonds. The average molecular weight is 375 g/mol. The highest BCUT2D eigenvalue weighted by molar-refractivity contribution is 6.16. The van der Waals surface area contributed by atoms with Gasteiger partial charge in [0.25, 0.3) is 5.91 Å². The van der Waals surface area contributed by atoms with Crippen LogP contribution in [-0.4, -0.2) is 15.9 Å². The van der Waals surface area contributed by atoms with E-state index in [2.05, 4.69) is 15.3 Å². The van der Waals surface area contributed by atoms with E-state index in [1.165, 1.54) is 24.7 Å². The molecule has 9 heteroatoms. The molecule has 27 heavy (non-hydrogen) atoms. The summed E-state index contributed by atoms with van der Waals surface area (Å²) in [6, 6.07) is 5.82. The average Bonchev–Trinajstić information content (AvgIpc) is 3.24. The lowest BCUT2D eigenvalue weighted by molar-refractivity contribution is -0.139. The van der Waals surface area contributed by atoms with Crippen LogP contribution in [0.1, 0.15) is 15.9 Å². The number of fused-ring (bicyclic) bond motifs is 2. The number of anilines is 1. The molecule has 0 aliphatic carbocycles. The highest BCUT2D eigenvalue weighted by Crippen LogP contribution is 2.37. The first-order chi connectivity index (χ1) is 12.9. The van der Waals surface area contributed by atoms with Gasteiger partial charge in [-0.05, 0) is 24.3 Å². The summed E-state index contributed by atoms with van der Waals surface area (Å²) < 4.78 is 58.2. The molecule has 3 heterocycles. The van der Waals surface area contributed by atoms with Crippen molar-refractivity contribution in [3.8, 4) is 11.3 Å². The van der Waals surface area contributed by atoms with Crippen LogP contribution < -0.4 is 5.32 Å². The number of benzene rings is 2. The lowest BCUT2D eigenvalue weighted by Crippen LogP contribution is -2.16. The number of nitrogens with zero attached hydrogens (tertiary/aromatic N) is 2. The fraction of sp³-hybridized carbons (Fsp3) is 0.0556. The second-order valence-electron chi connectivity index (χ2n) is 5.62. The molecule has 0 saturated carbocycles. The first kappa shape index (κ1) is 17.0. The van der Waals surface area contributed by atoms with Crippen LogP contribution in [0.3, 0.4) is 0 Å². The number of furan rings is 2. The third-order valence-corrected chi connectivity index (χ3v) is 3.95. The first-order valence-corrected chi connectivity index (χ1v) is 7.64. The molecule has 0 fully saturated rings. The van der Waals surface area contributed by atoms with Crippen LogP contribution in [0.2, 0.25) is 0 Å². The molecule has 3 aromatic heterocycles. The Morgan fingerprint density at radius 2 is 1.85 bits per heavy atom. The van der Waals surface area contributed by atoms with E-state index in [0.29, 0.717) is 22.9 Å². The van der Waals surface area contributed by atoms with Gasteiger partial charge in [0, 0.05) is 12.4 Å². The Labute approximate surface area is 149 Å². The van der Waals surface area contributed by atoms with Gasteiger partial charge in [-0.3, -0.25) is 14.8 Å². The number of hydrogen-bond acceptors (Lipinski definition) is 4. The molecule has 4 rings (SSSR count). The van der Waals surface area contributed by atoms with E-state index in [4.69, 9.17) is 4.42 Å². The molecule has 136 valence electrons.